The fraction of sp³-hybridized carbons (Fsp3) is 0.385. The molecule has 6 heteroatoms. The fourth-order valence-corrected chi connectivity index (χ4v) is 2.08. The maximum absolute atomic E-state index is 11.7. The van der Waals surface area contributed by atoms with Crippen molar-refractivity contribution in [1.82, 2.24) is 5.32 Å². The smallest absolute Gasteiger partial charge is 0.230 e. The third-order valence-corrected chi connectivity index (χ3v) is 3.06. The van der Waals surface area contributed by atoms with Gasteiger partial charge in [-0.05, 0) is 17.7 Å². The van der Waals surface area contributed by atoms with Crippen LogP contribution in [0.3, 0.4) is 0 Å². The van der Waals surface area contributed by atoms with Crippen molar-refractivity contribution in [2.45, 2.75) is 18.4 Å². The molecule has 2 rings (SSSR count). The number of amides is 2. The van der Waals surface area contributed by atoms with Crippen molar-refractivity contribution in [1.29, 1.82) is 0 Å². The number of benzene rings is 1. The minimum Gasteiger partial charge on any atom is -0.377 e. The summed E-state index contributed by atoms with van der Waals surface area (Å²) >= 11 is 5.82. The quantitative estimate of drug-likeness (QED) is 0.849. The molecule has 1 fully saturated rings. The van der Waals surface area contributed by atoms with Crippen LogP contribution in [0, 0.1) is 0 Å². The molecule has 1 aromatic rings. The molecule has 0 aromatic heterocycles. The monoisotopic (exact) mass is 282 g/mol. The van der Waals surface area contributed by atoms with Crippen LogP contribution in [0.2, 0.25) is 5.02 Å². The molecule has 0 radical (unpaired) electrons. The zero-order valence-electron chi connectivity index (χ0n) is 10.3. The molecule has 1 aromatic carbocycles. The first kappa shape index (κ1) is 14.0. The molecule has 0 bridgehead atoms. The SMILES string of the molecule is NC1(CC(=O)NC(=O)Cc2cccc(Cl)c2)COC1. The number of hydrogen-bond acceptors (Lipinski definition) is 4. The zero-order chi connectivity index (χ0) is 13.9. The van der Waals surface area contributed by atoms with E-state index < -0.39 is 5.54 Å². The Balaban J connectivity index is 1.82. The average Bonchev–Trinajstić information content (AvgIpc) is 2.26. The largest absolute Gasteiger partial charge is 0.377 e. The standard InChI is InChI=1S/C13H15ClN2O3/c14-10-3-1-2-9(4-10)5-11(17)16-12(18)6-13(15)7-19-8-13/h1-4H,5-8,15H2,(H,16,17,18). The third-order valence-electron chi connectivity index (χ3n) is 2.82. The van der Waals surface area contributed by atoms with E-state index in [4.69, 9.17) is 22.1 Å². The van der Waals surface area contributed by atoms with Gasteiger partial charge in [-0.1, -0.05) is 23.7 Å². The molecule has 5 nitrogen and oxygen atoms in total. The van der Waals surface area contributed by atoms with Crippen LogP contribution in [-0.2, 0) is 20.7 Å². The van der Waals surface area contributed by atoms with Crippen molar-refractivity contribution in [2.24, 2.45) is 5.73 Å². The van der Waals surface area contributed by atoms with Gasteiger partial charge in [0.25, 0.3) is 0 Å². The van der Waals surface area contributed by atoms with Crippen LogP contribution in [0.5, 0.6) is 0 Å². The Bertz CT molecular complexity index is 500. The Hall–Kier alpha value is -1.43. The molecule has 0 unspecified atom stereocenters. The highest BCUT2D eigenvalue weighted by Gasteiger charge is 2.36. The van der Waals surface area contributed by atoms with E-state index in [1.807, 2.05) is 0 Å². The van der Waals surface area contributed by atoms with Crippen molar-refractivity contribution in [3.05, 3.63) is 34.9 Å². The lowest BCUT2D eigenvalue weighted by molar-refractivity contribution is -0.134. The van der Waals surface area contributed by atoms with Gasteiger partial charge in [-0.2, -0.15) is 0 Å². The summed E-state index contributed by atoms with van der Waals surface area (Å²) in [6.45, 7) is 0.700. The molecule has 1 saturated heterocycles. The van der Waals surface area contributed by atoms with Crippen molar-refractivity contribution in [3.8, 4) is 0 Å². The average molecular weight is 283 g/mol. The Morgan fingerprint density at radius 2 is 2.11 bits per heavy atom. The molecular weight excluding hydrogens is 268 g/mol. The lowest BCUT2D eigenvalue weighted by atomic mass is 9.94. The highest BCUT2D eigenvalue weighted by molar-refractivity contribution is 6.30. The Kier molecular flexibility index (Phi) is 4.19. The lowest BCUT2D eigenvalue weighted by Crippen LogP contribution is -2.59. The van der Waals surface area contributed by atoms with Crippen LogP contribution >= 0.6 is 11.6 Å². The van der Waals surface area contributed by atoms with E-state index in [0.29, 0.717) is 18.2 Å². The first-order valence-electron chi connectivity index (χ1n) is 5.91. The summed E-state index contributed by atoms with van der Waals surface area (Å²) in [6.07, 6.45) is 0.203. The number of nitrogens with one attached hydrogen (secondary N) is 1. The molecule has 0 spiro atoms. The third kappa shape index (κ3) is 4.02. The Labute approximate surface area is 116 Å². The molecule has 3 N–H and O–H groups in total. The number of rotatable bonds is 4. The maximum Gasteiger partial charge on any atom is 0.230 e. The topological polar surface area (TPSA) is 81.4 Å². The number of carbonyl (C=O) groups is 2. The second kappa shape index (κ2) is 5.69. The molecule has 0 saturated carbocycles. The second-order valence-electron chi connectivity index (χ2n) is 4.81. The molecular formula is C13H15ClN2O3. The first-order chi connectivity index (χ1) is 8.97. The van der Waals surface area contributed by atoms with E-state index in [1.54, 1.807) is 24.3 Å². The van der Waals surface area contributed by atoms with Gasteiger partial charge < -0.3 is 10.5 Å². The summed E-state index contributed by atoms with van der Waals surface area (Å²) < 4.78 is 4.95. The van der Waals surface area contributed by atoms with E-state index in [-0.39, 0.29) is 24.7 Å². The van der Waals surface area contributed by atoms with Gasteiger partial charge in [-0.25, -0.2) is 0 Å². The van der Waals surface area contributed by atoms with Gasteiger partial charge in [-0.15, -0.1) is 0 Å². The van der Waals surface area contributed by atoms with Crippen LogP contribution < -0.4 is 11.1 Å². The van der Waals surface area contributed by atoms with Crippen LogP contribution in [-0.4, -0.2) is 30.6 Å². The fourth-order valence-electron chi connectivity index (χ4n) is 1.86. The van der Waals surface area contributed by atoms with Gasteiger partial charge in [-0.3, -0.25) is 14.9 Å². The zero-order valence-corrected chi connectivity index (χ0v) is 11.1. The number of nitrogens with two attached hydrogens (primary N) is 1. The molecule has 102 valence electrons. The van der Waals surface area contributed by atoms with Crippen molar-refractivity contribution >= 4 is 23.4 Å². The van der Waals surface area contributed by atoms with Gasteiger partial charge in [0.2, 0.25) is 11.8 Å². The van der Waals surface area contributed by atoms with Gasteiger partial charge >= 0.3 is 0 Å². The number of ether oxygens (including phenoxy) is 1. The predicted octanol–water partition coefficient (Wildman–Crippen LogP) is 0.643. The van der Waals surface area contributed by atoms with Crippen LogP contribution in [0.1, 0.15) is 12.0 Å². The van der Waals surface area contributed by atoms with Gasteiger partial charge in [0, 0.05) is 11.4 Å². The lowest BCUT2D eigenvalue weighted by Gasteiger charge is -2.36. The molecule has 0 atom stereocenters. The van der Waals surface area contributed by atoms with Crippen molar-refractivity contribution in [3.63, 3.8) is 0 Å². The first-order valence-corrected chi connectivity index (χ1v) is 6.28. The Morgan fingerprint density at radius 3 is 2.68 bits per heavy atom. The Morgan fingerprint density at radius 1 is 1.37 bits per heavy atom. The van der Waals surface area contributed by atoms with Crippen molar-refractivity contribution in [2.75, 3.05) is 13.2 Å². The summed E-state index contributed by atoms with van der Waals surface area (Å²) in [5, 5.41) is 2.88. The number of carbonyl (C=O) groups excluding carboxylic acids is 2. The molecule has 19 heavy (non-hydrogen) atoms. The molecule has 1 aliphatic heterocycles. The second-order valence-corrected chi connectivity index (χ2v) is 5.25. The summed E-state index contributed by atoms with van der Waals surface area (Å²) in [6, 6.07) is 6.95. The summed E-state index contributed by atoms with van der Waals surface area (Å²) in [5.74, 6) is -0.742. The van der Waals surface area contributed by atoms with E-state index in [2.05, 4.69) is 5.32 Å². The van der Waals surface area contributed by atoms with E-state index in [1.165, 1.54) is 0 Å². The van der Waals surface area contributed by atoms with Gasteiger partial charge in [0.15, 0.2) is 0 Å². The minimum absolute atomic E-state index is 0.0916. The summed E-state index contributed by atoms with van der Waals surface area (Å²) in [7, 11) is 0. The number of imide groups is 1. The number of hydrogen-bond donors (Lipinski definition) is 2. The van der Waals surface area contributed by atoms with Crippen molar-refractivity contribution < 1.29 is 14.3 Å². The highest BCUT2D eigenvalue weighted by Crippen LogP contribution is 2.17. The maximum atomic E-state index is 11.7. The van der Waals surface area contributed by atoms with E-state index in [0.717, 1.165) is 5.56 Å². The van der Waals surface area contributed by atoms with Crippen LogP contribution in [0.25, 0.3) is 0 Å². The van der Waals surface area contributed by atoms with Crippen LogP contribution in [0.15, 0.2) is 24.3 Å². The normalized spacial score (nSPS) is 16.5. The number of halogens is 1. The predicted molar refractivity (Wildman–Crippen MR) is 70.7 cm³/mol. The van der Waals surface area contributed by atoms with E-state index in [9.17, 15) is 9.59 Å². The highest BCUT2D eigenvalue weighted by atomic mass is 35.5. The summed E-state index contributed by atoms with van der Waals surface area (Å²) in [4.78, 5) is 23.3. The molecule has 2 amide bonds. The van der Waals surface area contributed by atoms with Gasteiger partial charge in [0.05, 0.1) is 25.2 Å². The van der Waals surface area contributed by atoms with E-state index >= 15 is 0 Å². The summed E-state index contributed by atoms with van der Waals surface area (Å²) in [5.41, 5.74) is 5.97. The molecule has 0 aliphatic carbocycles. The van der Waals surface area contributed by atoms with Gasteiger partial charge in [0.1, 0.15) is 0 Å². The van der Waals surface area contributed by atoms with Crippen LogP contribution in [0.4, 0.5) is 0 Å². The molecule has 1 aliphatic rings. The molecule has 1 heterocycles. The minimum atomic E-state index is -0.625.